The fourth-order valence-electron chi connectivity index (χ4n) is 4.21. The molecule has 2 aromatic carbocycles. The molecule has 2 N–H and O–H groups in total. The summed E-state index contributed by atoms with van der Waals surface area (Å²) in [7, 11) is 0. The predicted octanol–water partition coefficient (Wildman–Crippen LogP) is 3.47. The molecular weight excluding hydrogens is 404 g/mol. The fraction of sp³-hybridized carbons (Fsp3) is 0.280. The summed E-state index contributed by atoms with van der Waals surface area (Å²) in [5.74, 6) is 0.249. The number of hydrogen-bond acceptors (Lipinski definition) is 4. The highest BCUT2D eigenvalue weighted by Gasteiger charge is 2.30. The summed E-state index contributed by atoms with van der Waals surface area (Å²) in [6, 6.07) is 16.4. The van der Waals surface area contributed by atoms with Crippen LogP contribution in [0.3, 0.4) is 0 Å². The zero-order chi connectivity index (χ0) is 22.7. The van der Waals surface area contributed by atoms with Gasteiger partial charge in [-0.2, -0.15) is 0 Å². The van der Waals surface area contributed by atoms with Gasteiger partial charge in [0, 0.05) is 36.5 Å². The van der Waals surface area contributed by atoms with Crippen LogP contribution in [0.1, 0.15) is 43.1 Å². The Morgan fingerprint density at radius 2 is 1.97 bits per heavy atom. The van der Waals surface area contributed by atoms with Gasteiger partial charge < -0.3 is 15.2 Å². The van der Waals surface area contributed by atoms with Crippen LogP contribution in [0.4, 0.5) is 5.69 Å². The molecule has 2 amide bonds. The standard InChI is InChI=1S/C25H26N4O3/c1-3-19-14-23(31)28-25(27-19)18-8-6-9-20(13-18)26-24(32)15-22-21-10-5-4-7-17(21)11-12-29(22)16(2)30/h4-10,13-14,22H,3,11-12,15H2,1-2H3,(H,26,32)(H,27,28,31). The van der Waals surface area contributed by atoms with Crippen LogP contribution < -0.4 is 10.9 Å². The van der Waals surface area contributed by atoms with Crippen molar-refractivity contribution in [3.8, 4) is 11.4 Å². The number of aromatic nitrogens is 2. The Labute approximate surface area is 186 Å². The number of nitrogens with zero attached hydrogens (tertiary/aromatic N) is 2. The summed E-state index contributed by atoms with van der Waals surface area (Å²) in [4.78, 5) is 46.0. The van der Waals surface area contributed by atoms with E-state index in [1.807, 2.05) is 31.2 Å². The van der Waals surface area contributed by atoms with E-state index in [2.05, 4.69) is 21.4 Å². The molecule has 0 saturated heterocycles. The van der Waals surface area contributed by atoms with Crippen LogP contribution in [0.25, 0.3) is 11.4 Å². The Hall–Kier alpha value is -3.74. The second-order valence-electron chi connectivity index (χ2n) is 7.95. The van der Waals surface area contributed by atoms with Crippen LogP contribution in [0.5, 0.6) is 0 Å². The average Bonchev–Trinajstić information content (AvgIpc) is 2.78. The van der Waals surface area contributed by atoms with Gasteiger partial charge in [0.15, 0.2) is 0 Å². The van der Waals surface area contributed by atoms with Crippen molar-refractivity contribution in [2.75, 3.05) is 11.9 Å². The first-order valence-electron chi connectivity index (χ1n) is 10.8. The first-order chi connectivity index (χ1) is 15.4. The van der Waals surface area contributed by atoms with E-state index in [-0.39, 0.29) is 29.8 Å². The normalized spacial score (nSPS) is 15.2. The minimum Gasteiger partial charge on any atom is -0.335 e. The van der Waals surface area contributed by atoms with E-state index in [9.17, 15) is 14.4 Å². The lowest BCUT2D eigenvalue weighted by Crippen LogP contribution is -2.40. The monoisotopic (exact) mass is 430 g/mol. The minimum atomic E-state index is -0.292. The number of carbonyl (C=O) groups is 2. The van der Waals surface area contributed by atoms with E-state index in [1.54, 1.807) is 30.0 Å². The Bertz CT molecular complexity index is 1220. The molecule has 3 aromatic rings. The largest absolute Gasteiger partial charge is 0.335 e. The molecule has 1 aromatic heterocycles. The van der Waals surface area contributed by atoms with Crippen LogP contribution in [0.2, 0.25) is 0 Å². The van der Waals surface area contributed by atoms with Gasteiger partial charge in [-0.25, -0.2) is 4.98 Å². The van der Waals surface area contributed by atoms with Crippen molar-refractivity contribution in [1.29, 1.82) is 0 Å². The molecule has 0 spiro atoms. The number of benzene rings is 2. The first-order valence-corrected chi connectivity index (χ1v) is 10.8. The minimum absolute atomic E-state index is 0.0369. The summed E-state index contributed by atoms with van der Waals surface area (Å²) in [5, 5.41) is 2.94. The molecule has 7 heteroatoms. The molecule has 2 heterocycles. The molecule has 32 heavy (non-hydrogen) atoms. The maximum atomic E-state index is 12.9. The third-order valence-corrected chi connectivity index (χ3v) is 5.77. The van der Waals surface area contributed by atoms with Crippen LogP contribution in [0, 0.1) is 0 Å². The number of fused-ring (bicyclic) bond motifs is 1. The highest BCUT2D eigenvalue weighted by molar-refractivity contribution is 5.92. The Kier molecular flexibility index (Phi) is 6.16. The number of rotatable bonds is 5. The molecule has 0 fully saturated rings. The average molecular weight is 431 g/mol. The highest BCUT2D eigenvalue weighted by Crippen LogP contribution is 2.32. The molecule has 1 aliphatic rings. The van der Waals surface area contributed by atoms with Gasteiger partial charge in [-0.05, 0) is 36.1 Å². The fourth-order valence-corrected chi connectivity index (χ4v) is 4.21. The van der Waals surface area contributed by atoms with Crippen molar-refractivity contribution in [3.63, 3.8) is 0 Å². The molecule has 0 aliphatic carbocycles. The maximum absolute atomic E-state index is 12.9. The van der Waals surface area contributed by atoms with Crippen LogP contribution in [-0.2, 0) is 22.4 Å². The molecule has 1 unspecified atom stereocenters. The second kappa shape index (κ2) is 9.18. The van der Waals surface area contributed by atoms with Crippen LogP contribution in [-0.4, -0.2) is 33.2 Å². The topological polar surface area (TPSA) is 95.2 Å². The van der Waals surface area contributed by atoms with Crippen molar-refractivity contribution in [2.45, 2.75) is 39.2 Å². The van der Waals surface area contributed by atoms with Crippen molar-refractivity contribution in [3.05, 3.63) is 81.8 Å². The van der Waals surface area contributed by atoms with Gasteiger partial charge in [0.25, 0.3) is 5.56 Å². The molecule has 0 radical (unpaired) electrons. The van der Waals surface area contributed by atoms with Crippen molar-refractivity contribution in [2.24, 2.45) is 0 Å². The van der Waals surface area contributed by atoms with E-state index in [1.165, 1.54) is 11.6 Å². The summed E-state index contributed by atoms with van der Waals surface area (Å²) in [5.41, 5.74) is 4.02. The number of carbonyl (C=O) groups excluding carboxylic acids is 2. The van der Waals surface area contributed by atoms with E-state index in [0.717, 1.165) is 12.0 Å². The third kappa shape index (κ3) is 4.61. The molecule has 0 bridgehead atoms. The van der Waals surface area contributed by atoms with Gasteiger partial charge >= 0.3 is 0 Å². The van der Waals surface area contributed by atoms with Gasteiger partial charge in [-0.1, -0.05) is 43.3 Å². The molecular formula is C25H26N4O3. The van der Waals surface area contributed by atoms with E-state index >= 15 is 0 Å². The molecule has 4 rings (SSSR count). The summed E-state index contributed by atoms with van der Waals surface area (Å²) in [6.07, 6.45) is 1.61. The van der Waals surface area contributed by atoms with Gasteiger partial charge in [0.2, 0.25) is 11.8 Å². The van der Waals surface area contributed by atoms with Crippen LogP contribution in [0.15, 0.2) is 59.4 Å². The lowest BCUT2D eigenvalue weighted by molar-refractivity contribution is -0.132. The molecule has 164 valence electrons. The van der Waals surface area contributed by atoms with Gasteiger partial charge in [0.05, 0.1) is 12.5 Å². The lowest BCUT2D eigenvalue weighted by atomic mass is 9.90. The summed E-state index contributed by atoms with van der Waals surface area (Å²) >= 11 is 0. The Balaban J connectivity index is 1.55. The molecule has 0 saturated carbocycles. The van der Waals surface area contributed by atoms with E-state index in [4.69, 9.17) is 0 Å². The number of aromatic amines is 1. The summed E-state index contributed by atoms with van der Waals surface area (Å²) in [6.45, 7) is 4.09. The quantitative estimate of drug-likeness (QED) is 0.648. The zero-order valence-electron chi connectivity index (χ0n) is 18.2. The van der Waals surface area contributed by atoms with Gasteiger partial charge in [-0.3, -0.25) is 14.4 Å². The maximum Gasteiger partial charge on any atom is 0.251 e. The van der Waals surface area contributed by atoms with Crippen molar-refractivity contribution < 1.29 is 9.59 Å². The Morgan fingerprint density at radius 3 is 2.75 bits per heavy atom. The smallest absolute Gasteiger partial charge is 0.251 e. The lowest BCUT2D eigenvalue weighted by Gasteiger charge is -2.36. The van der Waals surface area contributed by atoms with Crippen LogP contribution >= 0.6 is 0 Å². The predicted molar refractivity (Wildman–Crippen MR) is 123 cm³/mol. The number of nitrogens with one attached hydrogen (secondary N) is 2. The molecule has 7 nitrogen and oxygen atoms in total. The summed E-state index contributed by atoms with van der Waals surface area (Å²) < 4.78 is 0. The highest BCUT2D eigenvalue weighted by atomic mass is 16.2. The van der Waals surface area contributed by atoms with E-state index < -0.39 is 0 Å². The first kappa shape index (κ1) is 21.5. The SMILES string of the molecule is CCc1cc(=O)[nH]c(-c2cccc(NC(=O)CC3c4ccccc4CCN3C(C)=O)c2)n1. The second-order valence-corrected chi connectivity index (χ2v) is 7.95. The third-order valence-electron chi connectivity index (χ3n) is 5.77. The Morgan fingerprint density at radius 1 is 1.16 bits per heavy atom. The van der Waals surface area contributed by atoms with Gasteiger partial charge in [-0.15, -0.1) is 0 Å². The van der Waals surface area contributed by atoms with Crippen molar-refractivity contribution >= 4 is 17.5 Å². The number of aryl methyl sites for hydroxylation is 1. The zero-order valence-corrected chi connectivity index (χ0v) is 18.2. The number of H-pyrrole nitrogens is 1. The number of amides is 2. The van der Waals surface area contributed by atoms with Crippen molar-refractivity contribution in [1.82, 2.24) is 14.9 Å². The molecule has 1 aliphatic heterocycles. The number of anilines is 1. The van der Waals surface area contributed by atoms with Gasteiger partial charge in [0.1, 0.15) is 5.82 Å². The van der Waals surface area contributed by atoms with E-state index in [0.29, 0.717) is 35.7 Å². The number of hydrogen-bond donors (Lipinski definition) is 2. The molecule has 1 atom stereocenters.